The van der Waals surface area contributed by atoms with Gasteiger partial charge in [0.2, 0.25) is 18.8 Å². The van der Waals surface area contributed by atoms with E-state index in [2.05, 4.69) is 126 Å². The van der Waals surface area contributed by atoms with Crippen molar-refractivity contribution in [2.75, 3.05) is 0 Å². The fraction of sp³-hybridized carbons (Fsp3) is 1.00. The Balaban J connectivity index is 1.78. The lowest BCUT2D eigenvalue weighted by atomic mass is 10.5. The van der Waals surface area contributed by atoms with Crippen LogP contribution in [0.3, 0.4) is 0 Å². The first-order valence-corrected chi connectivity index (χ1v) is 71.3. The third-order valence-electron chi connectivity index (χ3n) is 11.9. The van der Waals surface area contributed by atoms with Gasteiger partial charge in [0.15, 0.2) is 61.1 Å². The first-order valence-electron chi connectivity index (χ1n) is 27.2. The van der Waals surface area contributed by atoms with Crippen LogP contribution in [0.25, 0.3) is 0 Å². The van der Waals surface area contributed by atoms with Gasteiger partial charge in [0, 0.05) is 18.3 Å². The molecule has 3 heterocycles. The van der Waals surface area contributed by atoms with E-state index in [1.54, 1.807) is 0 Å². The van der Waals surface area contributed by atoms with Gasteiger partial charge in [-0.2, -0.15) is 0 Å². The van der Waals surface area contributed by atoms with Crippen LogP contribution in [0, 0.1) is 0 Å². The standard InChI is InChI=1S/C37H101O18Si20/c1-35-31-61(7)47-67(48-63(9)38-35)27-29-68(11,12)43-57-41-58-44-75(42-56-4,54-73(21,22)52-71(17,18)50-69(13,14)28-25-65-34-62(8)45-59(5)32-36(2)39-65)55-74(23,24)53-72(19,20)51-70(15,16)30-26-66-40-37(3)33-60(6)46-64(10)49-66/h35-37,59-64H,25-34H2,1-24H3. The van der Waals surface area contributed by atoms with E-state index in [-0.39, 0.29) is 38.1 Å². The normalized spacial score (nSPS) is 28.7. The summed E-state index contributed by atoms with van der Waals surface area (Å²) in [6.45, 7) is 52.0. The second-order valence-corrected chi connectivity index (χ2v) is 79.1. The molecule has 3 fully saturated rings. The second kappa shape index (κ2) is 32.4. The Kier molecular flexibility index (Phi) is 31.5. The first-order chi connectivity index (χ1) is 34.3. The van der Waals surface area contributed by atoms with Crippen molar-refractivity contribution < 1.29 is 75.0 Å². The molecule has 10 unspecified atom stereocenters. The average molecular weight is 1400 g/mol. The van der Waals surface area contributed by atoms with Crippen molar-refractivity contribution in [3.8, 4) is 0 Å². The molecule has 437 valence electrons. The highest BCUT2D eigenvalue weighted by atomic mass is 28.6. The van der Waals surface area contributed by atoms with Gasteiger partial charge in [-0.1, -0.05) is 0 Å². The fourth-order valence-electron chi connectivity index (χ4n) is 9.86. The van der Waals surface area contributed by atoms with Crippen molar-refractivity contribution in [1.29, 1.82) is 0 Å². The summed E-state index contributed by atoms with van der Waals surface area (Å²) in [5.74, 6) is 0. The van der Waals surface area contributed by atoms with Crippen LogP contribution in [0.5, 0.6) is 0 Å². The molecule has 75 heavy (non-hydrogen) atoms. The molecule has 0 aliphatic carbocycles. The molecule has 3 rings (SSSR count). The van der Waals surface area contributed by atoms with Gasteiger partial charge in [0.05, 0.1) is 0 Å². The highest BCUT2D eigenvalue weighted by Gasteiger charge is 2.57. The predicted octanol–water partition coefficient (Wildman–Crippen LogP) is 7.71. The third-order valence-corrected chi connectivity index (χ3v) is 73.3. The molecule has 0 amide bonds. The van der Waals surface area contributed by atoms with E-state index in [0.29, 0.717) is 0 Å². The zero-order chi connectivity index (χ0) is 56.8. The van der Waals surface area contributed by atoms with Crippen molar-refractivity contribution in [1.82, 2.24) is 0 Å². The minimum absolute atomic E-state index is 0.0122. The maximum atomic E-state index is 7.15. The van der Waals surface area contributed by atoms with Crippen molar-refractivity contribution >= 4 is 180 Å². The largest absolute Gasteiger partial charge is 0.641 e. The lowest BCUT2D eigenvalue weighted by Crippen LogP contribution is -2.66. The van der Waals surface area contributed by atoms with Crippen LogP contribution in [0.1, 0.15) is 20.8 Å². The van der Waals surface area contributed by atoms with Gasteiger partial charge in [-0.3, -0.25) is 0 Å². The molecule has 0 aromatic heterocycles. The van der Waals surface area contributed by atoms with Crippen LogP contribution in [-0.2, 0) is 75.0 Å². The molecular formula is C37H101O18Si20. The lowest BCUT2D eigenvalue weighted by Gasteiger charge is -2.44. The highest BCUT2D eigenvalue weighted by Crippen LogP contribution is 2.33. The maximum absolute atomic E-state index is 7.15. The zero-order valence-electron chi connectivity index (χ0n) is 50.6. The molecule has 9 radical (unpaired) electrons. The van der Waals surface area contributed by atoms with E-state index in [1.807, 2.05) is 32.7 Å². The Morgan fingerprint density at radius 2 is 0.933 bits per heavy atom. The fourth-order valence-corrected chi connectivity index (χ4v) is 81.0. The molecule has 0 aromatic carbocycles. The van der Waals surface area contributed by atoms with Gasteiger partial charge in [-0.05, 0) is 218 Å². The molecule has 0 bridgehead atoms. The van der Waals surface area contributed by atoms with Crippen molar-refractivity contribution in [3.05, 3.63) is 0 Å². The van der Waals surface area contributed by atoms with Crippen LogP contribution < -0.4 is 0 Å². The van der Waals surface area contributed by atoms with E-state index in [9.17, 15) is 0 Å². The maximum Gasteiger partial charge on any atom is 0.641 e. The zero-order valence-corrected chi connectivity index (χ0v) is 71.5. The summed E-state index contributed by atoms with van der Waals surface area (Å²) >= 11 is 0. The number of rotatable bonds is 29. The highest BCUT2D eigenvalue weighted by molar-refractivity contribution is 6.92. The quantitative estimate of drug-likeness (QED) is 0.0528. The van der Waals surface area contributed by atoms with E-state index < -0.39 is 161 Å². The Morgan fingerprint density at radius 1 is 0.467 bits per heavy atom. The van der Waals surface area contributed by atoms with Gasteiger partial charge < -0.3 is 75.0 Å². The molecule has 3 aliphatic heterocycles. The van der Waals surface area contributed by atoms with Gasteiger partial charge in [0.25, 0.3) is 9.28 Å². The average Bonchev–Trinajstić information content (AvgIpc) is 3.16. The van der Waals surface area contributed by atoms with E-state index in [0.717, 1.165) is 60.1 Å². The summed E-state index contributed by atoms with van der Waals surface area (Å²) < 4.78 is 120. The number of hydrogen-bond donors (Lipinski definition) is 0. The van der Waals surface area contributed by atoms with Crippen molar-refractivity contribution in [2.45, 2.75) is 237 Å². The molecular weight excluding hydrogens is 1290 g/mol. The summed E-state index contributed by atoms with van der Waals surface area (Å²) in [5.41, 5.74) is 1.14. The Labute approximate surface area is 488 Å². The van der Waals surface area contributed by atoms with Gasteiger partial charge in [-0.15, -0.1) is 0 Å². The van der Waals surface area contributed by atoms with Gasteiger partial charge in [0.1, 0.15) is 0 Å². The topological polar surface area (TPSA) is 166 Å². The molecule has 0 spiro atoms. The smallest absolute Gasteiger partial charge is 0.460 e. The summed E-state index contributed by atoms with van der Waals surface area (Å²) in [4.78, 5) is 0. The SMILES string of the molecule is C[Si]O[Si](O[Si]O[Si]O[Si](C)(C)CC[Si]1O[SiH](C)CC(C)O[SiH](C)O1)(O[Si](C)(C)O[Si](C)(C)O[Si](C)(C)CC[Si]1C[SiH](C)O[SiH](C)CC(C)O1)O[Si](C)(C)O[Si](C)(C)O[Si](C)(C)CC[Si]1OC(C)C[SiH](C)O[SiH](C)O1. The molecule has 0 saturated carbocycles. The monoisotopic (exact) mass is 1390 g/mol. The van der Waals surface area contributed by atoms with Crippen molar-refractivity contribution in [3.63, 3.8) is 0 Å². The van der Waals surface area contributed by atoms with Crippen LogP contribution in [0.2, 0.25) is 198 Å². The molecule has 10 atom stereocenters. The minimum Gasteiger partial charge on any atom is -0.460 e. The van der Waals surface area contributed by atoms with Crippen LogP contribution in [-0.4, -0.2) is 199 Å². The summed E-state index contributed by atoms with van der Waals surface area (Å²) in [7, 11) is -35.7. The van der Waals surface area contributed by atoms with E-state index in [1.165, 1.54) is 0 Å². The Hall–Kier alpha value is 3.62. The molecule has 0 N–H and O–H groups in total. The molecule has 0 aromatic rings. The molecule has 3 aliphatic rings. The summed E-state index contributed by atoms with van der Waals surface area (Å²) in [5, 5.41) is 0. The molecule has 18 nitrogen and oxygen atoms in total. The van der Waals surface area contributed by atoms with Gasteiger partial charge >= 0.3 is 91.2 Å². The van der Waals surface area contributed by atoms with Gasteiger partial charge in [-0.25, -0.2) is 0 Å². The van der Waals surface area contributed by atoms with Crippen LogP contribution in [0.15, 0.2) is 0 Å². The second-order valence-electron chi connectivity index (χ2n) is 24.3. The predicted molar refractivity (Wildman–Crippen MR) is 343 cm³/mol. The van der Waals surface area contributed by atoms with Crippen LogP contribution in [0.4, 0.5) is 0 Å². The van der Waals surface area contributed by atoms with E-state index >= 15 is 0 Å². The summed E-state index contributed by atoms with van der Waals surface area (Å²) in [6, 6.07) is 8.67. The van der Waals surface area contributed by atoms with Crippen LogP contribution >= 0.6 is 0 Å². The summed E-state index contributed by atoms with van der Waals surface area (Å²) in [6.07, 6.45) is 0.631. The number of hydrogen-bond acceptors (Lipinski definition) is 18. The first kappa shape index (κ1) is 72.9. The van der Waals surface area contributed by atoms with Crippen molar-refractivity contribution in [2.24, 2.45) is 0 Å². The molecule has 3 saturated heterocycles. The Morgan fingerprint density at radius 3 is 1.51 bits per heavy atom. The van der Waals surface area contributed by atoms with E-state index in [4.69, 9.17) is 75.0 Å². The molecule has 38 heteroatoms. The third kappa shape index (κ3) is 31.0. The Bertz CT molecular complexity index is 1540. The minimum atomic E-state index is -4.07. The lowest BCUT2D eigenvalue weighted by molar-refractivity contribution is 0.123.